The molecule has 0 aromatic heterocycles. The summed E-state index contributed by atoms with van der Waals surface area (Å²) in [6, 6.07) is 20.8. The lowest BCUT2D eigenvalue weighted by Gasteiger charge is -2.08. The molecule has 20 heavy (non-hydrogen) atoms. The smallest absolute Gasteiger partial charge is 0.255 e. The molecule has 0 fully saturated rings. The first-order chi connectivity index (χ1) is 9.74. The van der Waals surface area contributed by atoms with Crippen LogP contribution in [0.15, 0.2) is 66.7 Å². The van der Waals surface area contributed by atoms with Crippen molar-refractivity contribution < 1.29 is 4.79 Å². The monoisotopic (exact) mass is 262 g/mol. The average molecular weight is 262 g/mol. The van der Waals surface area contributed by atoms with Crippen LogP contribution in [0.3, 0.4) is 0 Å². The fourth-order valence-corrected chi connectivity index (χ4v) is 2.14. The maximum atomic E-state index is 12.2. The van der Waals surface area contributed by atoms with E-state index in [2.05, 4.69) is 5.32 Å². The number of carbonyl (C=O) groups excluding carboxylic acids is 1. The van der Waals surface area contributed by atoms with Gasteiger partial charge in [0.15, 0.2) is 0 Å². The molecule has 0 bridgehead atoms. The predicted octanol–water partition coefficient (Wildman–Crippen LogP) is 3.67. The van der Waals surface area contributed by atoms with E-state index in [4.69, 9.17) is 5.73 Å². The molecule has 3 N–H and O–H groups in total. The van der Waals surface area contributed by atoms with Crippen LogP contribution in [0.5, 0.6) is 0 Å². The molecule has 0 saturated carbocycles. The van der Waals surface area contributed by atoms with Gasteiger partial charge in [-0.25, -0.2) is 0 Å². The minimum absolute atomic E-state index is 0.159. The number of anilines is 2. The zero-order valence-electron chi connectivity index (χ0n) is 10.8. The number of hydrogen-bond donors (Lipinski definition) is 2. The van der Waals surface area contributed by atoms with Gasteiger partial charge in [0.2, 0.25) is 0 Å². The van der Waals surface area contributed by atoms with Crippen LogP contribution in [0.1, 0.15) is 10.4 Å². The minimum atomic E-state index is -0.159. The van der Waals surface area contributed by atoms with Crippen molar-refractivity contribution in [1.82, 2.24) is 0 Å². The topological polar surface area (TPSA) is 55.1 Å². The van der Waals surface area contributed by atoms with Crippen molar-refractivity contribution in [3.8, 4) is 0 Å². The molecule has 3 aromatic carbocycles. The van der Waals surface area contributed by atoms with E-state index in [0.29, 0.717) is 16.9 Å². The Morgan fingerprint density at radius 2 is 1.55 bits per heavy atom. The summed E-state index contributed by atoms with van der Waals surface area (Å²) in [4.78, 5) is 12.2. The predicted molar refractivity (Wildman–Crippen MR) is 82.8 cm³/mol. The quantitative estimate of drug-likeness (QED) is 0.692. The van der Waals surface area contributed by atoms with Crippen molar-refractivity contribution in [3.05, 3.63) is 72.3 Å². The summed E-state index contributed by atoms with van der Waals surface area (Å²) in [6.45, 7) is 0. The van der Waals surface area contributed by atoms with E-state index in [-0.39, 0.29) is 5.91 Å². The number of nitrogens with two attached hydrogens (primary N) is 1. The number of nitrogens with one attached hydrogen (secondary N) is 1. The van der Waals surface area contributed by atoms with Crippen LogP contribution < -0.4 is 11.1 Å². The van der Waals surface area contributed by atoms with Crippen molar-refractivity contribution in [2.24, 2.45) is 0 Å². The van der Waals surface area contributed by atoms with E-state index in [1.807, 2.05) is 54.6 Å². The van der Waals surface area contributed by atoms with Crippen LogP contribution in [0, 0.1) is 0 Å². The minimum Gasteiger partial charge on any atom is -0.397 e. The molecular weight excluding hydrogens is 248 g/mol. The van der Waals surface area contributed by atoms with Crippen molar-refractivity contribution >= 4 is 28.1 Å². The Morgan fingerprint density at radius 3 is 2.35 bits per heavy atom. The lowest BCUT2D eigenvalue weighted by Crippen LogP contribution is -2.13. The highest BCUT2D eigenvalue weighted by molar-refractivity contribution is 6.07. The zero-order valence-corrected chi connectivity index (χ0v) is 10.8. The molecule has 0 aliphatic rings. The Balaban J connectivity index is 1.91. The van der Waals surface area contributed by atoms with Gasteiger partial charge in [0.1, 0.15) is 0 Å². The van der Waals surface area contributed by atoms with Crippen LogP contribution in [-0.2, 0) is 0 Å². The molecule has 98 valence electrons. The SMILES string of the molecule is Nc1ccccc1NC(=O)c1ccc2ccccc2c1. The summed E-state index contributed by atoms with van der Waals surface area (Å²) in [6.07, 6.45) is 0. The van der Waals surface area contributed by atoms with Crippen LogP contribution >= 0.6 is 0 Å². The van der Waals surface area contributed by atoms with Gasteiger partial charge in [0.05, 0.1) is 11.4 Å². The molecule has 0 spiro atoms. The average Bonchev–Trinajstić information content (AvgIpc) is 2.49. The lowest BCUT2D eigenvalue weighted by molar-refractivity contribution is 0.102. The fourth-order valence-electron chi connectivity index (χ4n) is 2.14. The van der Waals surface area contributed by atoms with Gasteiger partial charge in [-0.15, -0.1) is 0 Å². The van der Waals surface area contributed by atoms with Gasteiger partial charge in [-0.2, -0.15) is 0 Å². The summed E-state index contributed by atoms with van der Waals surface area (Å²) in [5.74, 6) is -0.159. The molecule has 1 amide bonds. The van der Waals surface area contributed by atoms with Gasteiger partial charge in [0, 0.05) is 5.56 Å². The summed E-state index contributed by atoms with van der Waals surface area (Å²) in [7, 11) is 0. The number of para-hydroxylation sites is 2. The van der Waals surface area contributed by atoms with Gasteiger partial charge < -0.3 is 11.1 Å². The van der Waals surface area contributed by atoms with E-state index in [1.54, 1.807) is 12.1 Å². The number of hydrogen-bond acceptors (Lipinski definition) is 2. The lowest BCUT2D eigenvalue weighted by atomic mass is 10.1. The molecule has 0 radical (unpaired) electrons. The third kappa shape index (κ3) is 2.34. The molecule has 3 nitrogen and oxygen atoms in total. The first-order valence-electron chi connectivity index (χ1n) is 6.39. The summed E-state index contributed by atoms with van der Waals surface area (Å²) < 4.78 is 0. The number of rotatable bonds is 2. The second-order valence-corrected chi connectivity index (χ2v) is 4.60. The Kier molecular flexibility index (Phi) is 3.09. The molecular formula is C17H14N2O. The third-order valence-electron chi connectivity index (χ3n) is 3.22. The Hall–Kier alpha value is -2.81. The number of fused-ring (bicyclic) bond motifs is 1. The maximum Gasteiger partial charge on any atom is 0.255 e. The molecule has 0 aliphatic heterocycles. The van der Waals surface area contributed by atoms with E-state index >= 15 is 0 Å². The molecule has 0 aliphatic carbocycles. The van der Waals surface area contributed by atoms with E-state index in [1.165, 1.54) is 0 Å². The second-order valence-electron chi connectivity index (χ2n) is 4.60. The Labute approximate surface area is 117 Å². The fraction of sp³-hybridized carbons (Fsp3) is 0. The molecule has 0 unspecified atom stereocenters. The van der Waals surface area contributed by atoms with E-state index < -0.39 is 0 Å². The first-order valence-corrected chi connectivity index (χ1v) is 6.39. The van der Waals surface area contributed by atoms with Gasteiger partial charge in [0.25, 0.3) is 5.91 Å². The number of nitrogen functional groups attached to an aromatic ring is 1. The highest BCUT2D eigenvalue weighted by Gasteiger charge is 2.08. The van der Waals surface area contributed by atoms with Gasteiger partial charge in [-0.05, 0) is 35.0 Å². The molecule has 0 saturated heterocycles. The molecule has 0 atom stereocenters. The zero-order chi connectivity index (χ0) is 13.9. The summed E-state index contributed by atoms with van der Waals surface area (Å²) in [5.41, 5.74) is 7.63. The molecule has 3 heteroatoms. The maximum absolute atomic E-state index is 12.2. The standard InChI is InChI=1S/C17H14N2O/c18-15-7-3-4-8-16(15)19-17(20)14-10-9-12-5-1-2-6-13(12)11-14/h1-11H,18H2,(H,19,20). The van der Waals surface area contributed by atoms with Gasteiger partial charge >= 0.3 is 0 Å². The molecule has 3 aromatic rings. The largest absolute Gasteiger partial charge is 0.397 e. The van der Waals surface area contributed by atoms with Crippen molar-refractivity contribution in [2.45, 2.75) is 0 Å². The van der Waals surface area contributed by atoms with E-state index in [0.717, 1.165) is 10.8 Å². The van der Waals surface area contributed by atoms with Gasteiger partial charge in [-0.1, -0.05) is 42.5 Å². The Bertz CT molecular complexity index is 781. The van der Waals surface area contributed by atoms with E-state index in [9.17, 15) is 4.79 Å². The van der Waals surface area contributed by atoms with Crippen LogP contribution in [0.25, 0.3) is 10.8 Å². The highest BCUT2D eigenvalue weighted by Crippen LogP contribution is 2.20. The van der Waals surface area contributed by atoms with Crippen LogP contribution in [-0.4, -0.2) is 5.91 Å². The first kappa shape index (κ1) is 12.2. The van der Waals surface area contributed by atoms with Crippen molar-refractivity contribution in [2.75, 3.05) is 11.1 Å². The van der Waals surface area contributed by atoms with Crippen LogP contribution in [0.4, 0.5) is 11.4 Å². The van der Waals surface area contributed by atoms with Gasteiger partial charge in [-0.3, -0.25) is 4.79 Å². The second kappa shape index (κ2) is 5.05. The van der Waals surface area contributed by atoms with Crippen molar-refractivity contribution in [1.29, 1.82) is 0 Å². The number of amides is 1. The summed E-state index contributed by atoms with van der Waals surface area (Å²) >= 11 is 0. The number of carbonyl (C=O) groups is 1. The molecule has 3 rings (SSSR count). The third-order valence-corrected chi connectivity index (χ3v) is 3.22. The number of benzene rings is 3. The Morgan fingerprint density at radius 1 is 0.850 bits per heavy atom. The summed E-state index contributed by atoms with van der Waals surface area (Å²) in [5, 5.41) is 4.98. The molecule has 0 heterocycles. The van der Waals surface area contributed by atoms with Crippen molar-refractivity contribution in [3.63, 3.8) is 0 Å². The van der Waals surface area contributed by atoms with Crippen LogP contribution in [0.2, 0.25) is 0 Å². The highest BCUT2D eigenvalue weighted by atomic mass is 16.1. The normalized spacial score (nSPS) is 10.4.